The molecule has 2 aliphatic rings. The molecule has 5 nitrogen and oxygen atoms in total. The zero-order chi connectivity index (χ0) is 20.6. The second kappa shape index (κ2) is 8.20. The molecule has 1 aromatic heterocycles. The van der Waals surface area contributed by atoms with Crippen molar-refractivity contribution in [1.29, 1.82) is 0 Å². The van der Waals surface area contributed by atoms with Gasteiger partial charge < -0.3 is 4.90 Å². The number of benzene rings is 1. The number of piperazine rings is 1. The fourth-order valence-electron chi connectivity index (χ4n) is 4.29. The molecule has 1 saturated heterocycles. The van der Waals surface area contributed by atoms with E-state index in [1.165, 1.54) is 34.0 Å². The number of carbonyl (C=O) groups excluding carboxylic acids is 1. The summed E-state index contributed by atoms with van der Waals surface area (Å²) in [6, 6.07) is 7.50. The molecule has 1 amide bonds. The molecule has 1 aliphatic heterocycles. The first-order valence-electron chi connectivity index (χ1n) is 10.3. The van der Waals surface area contributed by atoms with Gasteiger partial charge in [0.25, 0.3) is 5.91 Å². The molecule has 29 heavy (non-hydrogen) atoms. The first kappa shape index (κ1) is 20.6. The Kier molecular flexibility index (Phi) is 5.82. The van der Waals surface area contributed by atoms with Gasteiger partial charge in [0.1, 0.15) is 0 Å². The molecule has 156 valence electrons. The Morgan fingerprint density at radius 1 is 0.966 bits per heavy atom. The van der Waals surface area contributed by atoms with Crippen LogP contribution in [0.1, 0.15) is 50.5 Å². The molecule has 1 aliphatic carbocycles. The van der Waals surface area contributed by atoms with Gasteiger partial charge >= 0.3 is 0 Å². The molecule has 4 rings (SSSR count). The molecule has 7 heteroatoms. The van der Waals surface area contributed by atoms with Crippen LogP contribution in [-0.4, -0.2) is 49.7 Å². The number of sulfonamides is 1. The normalized spacial score (nSPS) is 18.3. The Labute approximate surface area is 177 Å². The lowest BCUT2D eigenvalue weighted by Gasteiger charge is -2.34. The smallest absolute Gasteiger partial charge is 0.264 e. The van der Waals surface area contributed by atoms with Crippen molar-refractivity contribution < 1.29 is 13.2 Å². The van der Waals surface area contributed by atoms with Gasteiger partial charge in [0.05, 0.1) is 9.77 Å². The van der Waals surface area contributed by atoms with Crippen LogP contribution in [-0.2, 0) is 22.9 Å². The van der Waals surface area contributed by atoms with E-state index in [-0.39, 0.29) is 5.91 Å². The predicted octanol–water partition coefficient (Wildman–Crippen LogP) is 3.78. The summed E-state index contributed by atoms with van der Waals surface area (Å²) in [6.45, 7) is 5.34. The van der Waals surface area contributed by atoms with Crippen LogP contribution in [0.3, 0.4) is 0 Å². The number of carbonyl (C=O) groups is 1. The molecule has 1 fully saturated rings. The van der Waals surface area contributed by atoms with E-state index in [4.69, 9.17) is 0 Å². The quantitative estimate of drug-likeness (QED) is 0.694. The van der Waals surface area contributed by atoms with Gasteiger partial charge in [-0.3, -0.25) is 4.79 Å². The van der Waals surface area contributed by atoms with E-state index in [2.05, 4.69) is 6.07 Å². The molecule has 2 aromatic rings. The van der Waals surface area contributed by atoms with E-state index >= 15 is 0 Å². The second-order valence-corrected chi connectivity index (χ2v) is 11.1. The van der Waals surface area contributed by atoms with Crippen molar-refractivity contribution >= 4 is 27.3 Å². The van der Waals surface area contributed by atoms with E-state index in [0.29, 0.717) is 31.1 Å². The third-order valence-corrected chi connectivity index (χ3v) is 9.22. The largest absolute Gasteiger partial charge is 0.335 e. The summed E-state index contributed by atoms with van der Waals surface area (Å²) in [5.74, 6) is 0.0478. The van der Waals surface area contributed by atoms with Crippen molar-refractivity contribution in [1.82, 2.24) is 9.21 Å². The zero-order valence-corrected chi connectivity index (χ0v) is 18.7. The van der Waals surface area contributed by atoms with E-state index in [1.54, 1.807) is 22.3 Å². The minimum absolute atomic E-state index is 0.0478. The molecule has 0 N–H and O–H groups in total. The van der Waals surface area contributed by atoms with Crippen molar-refractivity contribution in [2.24, 2.45) is 0 Å². The lowest BCUT2D eigenvalue weighted by molar-refractivity contribution is 0.0702. The van der Waals surface area contributed by atoms with Crippen LogP contribution in [0, 0.1) is 13.8 Å². The van der Waals surface area contributed by atoms with Gasteiger partial charge in [-0.05, 0) is 62.8 Å². The first-order valence-corrected chi connectivity index (χ1v) is 12.6. The third kappa shape index (κ3) is 4.13. The molecular weight excluding hydrogens is 404 g/mol. The van der Waals surface area contributed by atoms with Crippen LogP contribution < -0.4 is 0 Å². The lowest BCUT2D eigenvalue weighted by Crippen LogP contribution is -2.50. The Morgan fingerprint density at radius 2 is 1.69 bits per heavy atom. The first-order chi connectivity index (χ1) is 13.9. The zero-order valence-electron chi connectivity index (χ0n) is 17.1. The monoisotopic (exact) mass is 432 g/mol. The highest BCUT2D eigenvalue weighted by atomic mass is 32.2. The fraction of sp³-hybridized carbons (Fsp3) is 0.500. The van der Waals surface area contributed by atoms with Crippen molar-refractivity contribution in [3.63, 3.8) is 0 Å². The SMILES string of the molecule is Cc1ccc(S(=O)(=O)N2CCN(C(=O)c3cc4c(s3)CCCCC4)CC2)c(C)c1. The number of nitrogens with zero attached hydrogens (tertiary/aromatic N) is 2. The van der Waals surface area contributed by atoms with Crippen LogP contribution in [0.2, 0.25) is 0 Å². The number of thiophene rings is 1. The van der Waals surface area contributed by atoms with Gasteiger partial charge in [-0.15, -0.1) is 11.3 Å². The summed E-state index contributed by atoms with van der Waals surface area (Å²) in [5.41, 5.74) is 3.15. The Balaban J connectivity index is 1.44. The summed E-state index contributed by atoms with van der Waals surface area (Å²) in [6.07, 6.45) is 5.82. The lowest BCUT2D eigenvalue weighted by atomic mass is 10.1. The van der Waals surface area contributed by atoms with E-state index in [1.807, 2.05) is 26.0 Å². The number of rotatable bonds is 3. The standard InChI is InChI=1S/C22H28N2O3S2/c1-16-8-9-21(17(2)14-16)29(26,27)24-12-10-23(11-13-24)22(25)20-15-18-6-4-3-5-7-19(18)28-20/h8-9,14-15H,3-7,10-13H2,1-2H3. The maximum atomic E-state index is 13.1. The summed E-state index contributed by atoms with van der Waals surface area (Å²) in [5, 5.41) is 0. The van der Waals surface area contributed by atoms with Crippen molar-refractivity contribution in [2.45, 2.75) is 50.8 Å². The number of hydrogen-bond donors (Lipinski definition) is 0. The van der Waals surface area contributed by atoms with Crippen LogP contribution in [0.4, 0.5) is 0 Å². The van der Waals surface area contributed by atoms with Crippen molar-refractivity contribution in [3.05, 3.63) is 50.7 Å². The van der Waals surface area contributed by atoms with Gasteiger partial charge in [-0.1, -0.05) is 24.1 Å². The highest BCUT2D eigenvalue weighted by Gasteiger charge is 2.32. The molecular formula is C22H28N2O3S2. The van der Waals surface area contributed by atoms with Crippen LogP contribution in [0.25, 0.3) is 0 Å². The third-order valence-electron chi connectivity index (χ3n) is 5.93. The topological polar surface area (TPSA) is 57.7 Å². The molecule has 0 atom stereocenters. The fourth-order valence-corrected chi connectivity index (χ4v) is 7.14. The van der Waals surface area contributed by atoms with Gasteiger partial charge in [-0.25, -0.2) is 8.42 Å². The predicted molar refractivity (Wildman–Crippen MR) is 116 cm³/mol. The van der Waals surface area contributed by atoms with Crippen LogP contribution in [0.5, 0.6) is 0 Å². The number of hydrogen-bond acceptors (Lipinski definition) is 4. The van der Waals surface area contributed by atoms with Gasteiger partial charge in [-0.2, -0.15) is 4.31 Å². The van der Waals surface area contributed by atoms with Gasteiger partial charge in [0, 0.05) is 31.1 Å². The average Bonchev–Trinajstić information content (AvgIpc) is 2.97. The summed E-state index contributed by atoms with van der Waals surface area (Å²) in [4.78, 5) is 17.3. The molecule has 0 saturated carbocycles. The second-order valence-electron chi connectivity index (χ2n) is 8.08. The maximum absolute atomic E-state index is 13.1. The minimum atomic E-state index is -3.53. The Morgan fingerprint density at radius 3 is 2.41 bits per heavy atom. The van der Waals surface area contributed by atoms with Gasteiger partial charge in [0.2, 0.25) is 10.0 Å². The summed E-state index contributed by atoms with van der Waals surface area (Å²) in [7, 11) is -3.53. The highest BCUT2D eigenvalue weighted by molar-refractivity contribution is 7.89. The average molecular weight is 433 g/mol. The maximum Gasteiger partial charge on any atom is 0.264 e. The minimum Gasteiger partial charge on any atom is -0.335 e. The Hall–Kier alpha value is -1.70. The Bertz CT molecular complexity index is 995. The highest BCUT2D eigenvalue weighted by Crippen LogP contribution is 2.30. The van der Waals surface area contributed by atoms with Gasteiger partial charge in [0.15, 0.2) is 0 Å². The van der Waals surface area contributed by atoms with E-state index in [0.717, 1.165) is 28.8 Å². The van der Waals surface area contributed by atoms with E-state index < -0.39 is 10.0 Å². The van der Waals surface area contributed by atoms with Crippen molar-refractivity contribution in [2.75, 3.05) is 26.2 Å². The van der Waals surface area contributed by atoms with E-state index in [9.17, 15) is 13.2 Å². The molecule has 2 heterocycles. The summed E-state index contributed by atoms with van der Waals surface area (Å²) < 4.78 is 27.6. The molecule has 1 aromatic carbocycles. The van der Waals surface area contributed by atoms with Crippen molar-refractivity contribution in [3.8, 4) is 0 Å². The molecule has 0 radical (unpaired) electrons. The number of amides is 1. The molecule has 0 unspecified atom stereocenters. The summed E-state index contributed by atoms with van der Waals surface area (Å²) >= 11 is 1.63. The number of aryl methyl sites for hydroxylation is 4. The van der Waals surface area contributed by atoms with Crippen LogP contribution >= 0.6 is 11.3 Å². The molecule has 0 spiro atoms. The van der Waals surface area contributed by atoms with Crippen LogP contribution in [0.15, 0.2) is 29.2 Å². The number of fused-ring (bicyclic) bond motifs is 1. The molecule has 0 bridgehead atoms.